The Labute approximate surface area is 229 Å². The van der Waals surface area contributed by atoms with E-state index in [4.69, 9.17) is 9.26 Å². The summed E-state index contributed by atoms with van der Waals surface area (Å²) in [5, 5.41) is 1.58. The predicted molar refractivity (Wildman–Crippen MR) is 159 cm³/mol. The Morgan fingerprint density at radius 2 is 1.26 bits per heavy atom. The summed E-state index contributed by atoms with van der Waals surface area (Å²) in [6, 6.07) is 39.1. The normalized spacial score (nSPS) is 16.0. The average Bonchev–Trinajstić information content (AvgIpc) is 2.97. The summed E-state index contributed by atoms with van der Waals surface area (Å²) in [6.07, 6.45) is 0.314. The van der Waals surface area contributed by atoms with E-state index in [0.29, 0.717) is 18.5 Å². The summed E-state index contributed by atoms with van der Waals surface area (Å²) in [6.45, 7) is 2.10. The molecule has 0 saturated heterocycles. The summed E-state index contributed by atoms with van der Waals surface area (Å²) >= 11 is 0. The third-order valence-corrected chi connectivity index (χ3v) is 10.4. The second kappa shape index (κ2) is 10.7. The minimum atomic E-state index is -3.14. The van der Waals surface area contributed by atoms with Crippen LogP contribution in [0.5, 0.6) is 11.5 Å². The Balaban J connectivity index is 1.21. The van der Waals surface area contributed by atoms with Crippen LogP contribution in [0.3, 0.4) is 0 Å². The van der Waals surface area contributed by atoms with E-state index in [1.165, 1.54) is 0 Å². The van der Waals surface area contributed by atoms with Crippen LogP contribution in [-0.2, 0) is 21.9 Å². The zero-order chi connectivity index (χ0) is 26.8. The molecular formula is C33H27O4P2+. The second-order valence-corrected chi connectivity index (χ2v) is 13.4. The third-order valence-electron chi connectivity index (χ3n) is 6.92. The zero-order valence-electron chi connectivity index (χ0n) is 21.5. The lowest BCUT2D eigenvalue weighted by molar-refractivity contribution is 0.307. The molecule has 5 aromatic carbocycles. The molecule has 4 nitrogen and oxygen atoms in total. The summed E-state index contributed by atoms with van der Waals surface area (Å²) in [4.78, 5) is 0. The van der Waals surface area contributed by atoms with Gasteiger partial charge in [-0.3, -0.25) is 4.57 Å². The van der Waals surface area contributed by atoms with Crippen LogP contribution in [0, 0.1) is 0 Å². The molecule has 0 N–H and O–H groups in total. The number of ether oxygens (including phenoxy) is 1. The number of fused-ring (bicyclic) bond motifs is 3. The molecule has 0 radical (unpaired) electrons. The van der Waals surface area contributed by atoms with Gasteiger partial charge < -0.3 is 9.26 Å². The Kier molecular flexibility index (Phi) is 6.92. The van der Waals surface area contributed by atoms with Gasteiger partial charge in [-0.15, -0.1) is 0 Å². The van der Waals surface area contributed by atoms with E-state index in [9.17, 15) is 9.13 Å². The van der Waals surface area contributed by atoms with Crippen molar-refractivity contribution in [2.24, 2.45) is 0 Å². The van der Waals surface area contributed by atoms with Gasteiger partial charge in [0.05, 0.1) is 11.5 Å². The molecule has 1 aliphatic heterocycles. The van der Waals surface area contributed by atoms with Crippen molar-refractivity contribution in [3.8, 4) is 33.8 Å². The molecule has 2 atom stereocenters. The van der Waals surface area contributed by atoms with Crippen LogP contribution in [0.15, 0.2) is 121 Å². The van der Waals surface area contributed by atoms with Gasteiger partial charge in [0.15, 0.2) is 5.30 Å². The van der Waals surface area contributed by atoms with Crippen molar-refractivity contribution >= 4 is 25.8 Å². The first-order valence-electron chi connectivity index (χ1n) is 12.8. The zero-order valence-corrected chi connectivity index (χ0v) is 23.3. The average molecular weight is 550 g/mol. The van der Waals surface area contributed by atoms with Gasteiger partial charge in [0.1, 0.15) is 24.8 Å². The van der Waals surface area contributed by atoms with E-state index < -0.39 is 15.2 Å². The van der Waals surface area contributed by atoms with Crippen LogP contribution in [0.1, 0.15) is 11.1 Å². The van der Waals surface area contributed by atoms with Gasteiger partial charge in [-0.25, -0.2) is 0 Å². The van der Waals surface area contributed by atoms with Gasteiger partial charge in [-0.1, -0.05) is 95.6 Å². The second-order valence-electron chi connectivity index (χ2n) is 9.55. The molecule has 6 heteroatoms. The van der Waals surface area contributed by atoms with Crippen molar-refractivity contribution in [1.29, 1.82) is 0 Å². The number of benzene rings is 5. The molecule has 192 valence electrons. The van der Waals surface area contributed by atoms with E-state index in [-0.39, 0.29) is 0 Å². The summed E-state index contributed by atoms with van der Waals surface area (Å²) in [5.74, 6) is 1.40. The summed E-state index contributed by atoms with van der Waals surface area (Å²) < 4.78 is 38.9. The van der Waals surface area contributed by atoms with Gasteiger partial charge in [-0.2, -0.15) is 0 Å². The highest BCUT2D eigenvalue weighted by Gasteiger charge is 2.35. The molecular weight excluding hydrogens is 522 g/mol. The Morgan fingerprint density at radius 3 is 2.03 bits per heavy atom. The first kappa shape index (κ1) is 25.3. The molecule has 0 amide bonds. The SMILES string of the molecule is C[P+](=O)c1ccccc1-c1ccccc1OCc1ccc(CP2(=O)Oc3ccccc3-c3ccccc32)cc1. The molecule has 0 fully saturated rings. The fraction of sp³-hybridized carbons (Fsp3) is 0.0909. The first-order valence-corrected chi connectivity index (χ1v) is 16.3. The van der Waals surface area contributed by atoms with Crippen LogP contribution >= 0.6 is 15.2 Å². The maximum absolute atomic E-state index is 14.2. The van der Waals surface area contributed by atoms with E-state index in [1.54, 1.807) is 6.66 Å². The number of hydrogen-bond acceptors (Lipinski definition) is 4. The predicted octanol–water partition coefficient (Wildman–Crippen LogP) is 8.18. The Bertz CT molecular complexity index is 1730. The third kappa shape index (κ3) is 5.06. The van der Waals surface area contributed by atoms with Crippen LogP contribution in [0.25, 0.3) is 22.3 Å². The molecule has 0 bridgehead atoms. The molecule has 2 unspecified atom stereocenters. The van der Waals surface area contributed by atoms with Crippen molar-refractivity contribution in [1.82, 2.24) is 0 Å². The maximum atomic E-state index is 14.2. The lowest BCUT2D eigenvalue weighted by Crippen LogP contribution is -2.18. The highest BCUT2D eigenvalue weighted by Crippen LogP contribution is 2.56. The molecule has 0 saturated carbocycles. The van der Waals surface area contributed by atoms with Gasteiger partial charge in [0.25, 0.3) is 7.37 Å². The molecule has 5 aromatic rings. The van der Waals surface area contributed by atoms with Crippen molar-refractivity contribution in [3.63, 3.8) is 0 Å². The van der Waals surface area contributed by atoms with E-state index in [0.717, 1.165) is 49.7 Å². The number of rotatable bonds is 7. The highest BCUT2D eigenvalue weighted by molar-refractivity contribution is 7.67. The summed E-state index contributed by atoms with van der Waals surface area (Å²) in [7, 11) is -4.64. The smallest absolute Gasteiger partial charge is 0.374 e. The first-order chi connectivity index (χ1) is 19.0. The summed E-state index contributed by atoms with van der Waals surface area (Å²) in [5.41, 5.74) is 5.73. The molecule has 39 heavy (non-hydrogen) atoms. The van der Waals surface area contributed by atoms with Crippen molar-refractivity contribution in [2.45, 2.75) is 12.8 Å². The van der Waals surface area contributed by atoms with Crippen molar-refractivity contribution in [2.75, 3.05) is 6.66 Å². The number of hydrogen-bond donors (Lipinski definition) is 0. The topological polar surface area (TPSA) is 52.6 Å². The lowest BCUT2D eigenvalue weighted by Gasteiger charge is -2.28. The van der Waals surface area contributed by atoms with E-state index in [2.05, 4.69) is 0 Å². The minimum Gasteiger partial charge on any atom is -0.488 e. The van der Waals surface area contributed by atoms with Crippen molar-refractivity contribution < 1.29 is 18.4 Å². The molecule has 6 rings (SSSR count). The van der Waals surface area contributed by atoms with Crippen LogP contribution in [0.2, 0.25) is 0 Å². The molecule has 0 spiro atoms. The van der Waals surface area contributed by atoms with Crippen LogP contribution in [0.4, 0.5) is 0 Å². The van der Waals surface area contributed by atoms with Crippen molar-refractivity contribution in [3.05, 3.63) is 132 Å². The largest absolute Gasteiger partial charge is 0.488 e. The van der Waals surface area contributed by atoms with E-state index in [1.807, 2.05) is 121 Å². The lowest BCUT2D eigenvalue weighted by atomic mass is 10.0. The standard InChI is InChI=1S/C33H27O4P2/c1-38(34)32-16-8-4-12-28(32)26-10-2-6-14-30(26)36-22-24-18-20-25(21-19-24)23-39(35)33-17-9-5-13-29(33)27-11-3-7-15-31(27)37-39/h2-21H,22-23H2,1H3/q+1. The molecule has 0 aromatic heterocycles. The van der Waals surface area contributed by atoms with Crippen LogP contribution in [-0.4, -0.2) is 6.66 Å². The van der Waals surface area contributed by atoms with E-state index >= 15 is 0 Å². The van der Waals surface area contributed by atoms with Gasteiger partial charge in [0.2, 0.25) is 0 Å². The fourth-order valence-corrected chi connectivity index (χ4v) is 8.23. The van der Waals surface area contributed by atoms with Crippen LogP contribution < -0.4 is 19.9 Å². The fourth-order valence-electron chi connectivity index (χ4n) is 5.03. The van der Waals surface area contributed by atoms with Gasteiger partial charge in [-0.05, 0) is 47.0 Å². The Morgan fingerprint density at radius 1 is 0.667 bits per heavy atom. The monoisotopic (exact) mass is 549 g/mol. The minimum absolute atomic E-state index is 0.314. The number of para-hydroxylation sites is 2. The highest BCUT2D eigenvalue weighted by atomic mass is 31.2. The molecule has 1 aliphatic rings. The quantitative estimate of drug-likeness (QED) is 0.192. The molecule has 0 aliphatic carbocycles. The van der Waals surface area contributed by atoms with Gasteiger partial charge >= 0.3 is 7.80 Å². The maximum Gasteiger partial charge on any atom is 0.374 e. The molecule has 1 heterocycles. The Hall–Kier alpha value is -3.97. The van der Waals surface area contributed by atoms with Gasteiger partial charge in [0, 0.05) is 16.7 Å².